The highest BCUT2D eigenvalue weighted by molar-refractivity contribution is 5.52. The highest BCUT2D eigenvalue weighted by Crippen LogP contribution is 2.14. The maximum atomic E-state index is 12.2. The number of nitrogens with zero attached hydrogens (tertiary/aromatic N) is 3. The second kappa shape index (κ2) is 8.42. The van der Waals surface area contributed by atoms with Crippen LogP contribution >= 0.6 is 0 Å². The summed E-state index contributed by atoms with van der Waals surface area (Å²) < 4.78 is 1.31. The van der Waals surface area contributed by atoms with Gasteiger partial charge < -0.3 is 10.2 Å². The van der Waals surface area contributed by atoms with E-state index in [-0.39, 0.29) is 23.6 Å². The summed E-state index contributed by atoms with van der Waals surface area (Å²) in [6, 6.07) is 14.5. The third-order valence-corrected chi connectivity index (χ3v) is 4.00. The number of benzene rings is 1. The molecule has 134 valence electrons. The van der Waals surface area contributed by atoms with Gasteiger partial charge in [0, 0.05) is 31.9 Å². The van der Waals surface area contributed by atoms with Crippen LogP contribution < -0.4 is 5.56 Å². The molecule has 2 N–H and O–H groups in total. The molecule has 6 nitrogen and oxygen atoms in total. The topological polar surface area (TPSA) is 78.1 Å². The fourth-order valence-electron chi connectivity index (χ4n) is 2.75. The number of aliphatic hydroxyl groups is 1. The van der Waals surface area contributed by atoms with Crippen LogP contribution in [0.2, 0.25) is 0 Å². The zero-order valence-electron chi connectivity index (χ0n) is 14.3. The van der Waals surface area contributed by atoms with E-state index in [1.807, 2.05) is 47.4 Å². The number of aromatic hydroxyl groups is 1. The van der Waals surface area contributed by atoms with Crippen molar-refractivity contribution in [2.75, 3.05) is 19.7 Å². The lowest BCUT2D eigenvalue weighted by atomic mass is 10.2. The van der Waals surface area contributed by atoms with Crippen molar-refractivity contribution in [1.29, 1.82) is 0 Å². The van der Waals surface area contributed by atoms with E-state index in [0.717, 1.165) is 5.56 Å². The van der Waals surface area contributed by atoms with E-state index in [2.05, 4.69) is 4.98 Å². The maximum Gasteiger partial charge on any atom is 0.258 e. The normalized spacial score (nSPS) is 11.6. The Labute approximate surface area is 151 Å². The lowest BCUT2D eigenvalue weighted by molar-refractivity contribution is 0.202. The Kier molecular flexibility index (Phi) is 5.78. The first-order chi connectivity index (χ1) is 12.7. The minimum absolute atomic E-state index is 0.0109. The summed E-state index contributed by atoms with van der Waals surface area (Å²) in [5, 5.41) is 19.2. The standard InChI is InChI=1S/C20H21N3O3/c24-13-12-22(10-4-8-16-6-2-1-3-7-16)15-17-14-19(26)23-11-5-9-18(25)20(23)21-17/h1-9,11,14,24-25H,10,12-13,15H2/b8-4+. The molecule has 6 heteroatoms. The fraction of sp³-hybridized carbons (Fsp3) is 0.200. The molecule has 0 saturated heterocycles. The van der Waals surface area contributed by atoms with Gasteiger partial charge in [0.05, 0.1) is 12.3 Å². The fourth-order valence-corrected chi connectivity index (χ4v) is 2.75. The Morgan fingerprint density at radius 2 is 1.96 bits per heavy atom. The number of aliphatic hydroxyl groups excluding tert-OH is 1. The largest absolute Gasteiger partial charge is 0.504 e. The van der Waals surface area contributed by atoms with Gasteiger partial charge in [-0.2, -0.15) is 0 Å². The number of aromatic nitrogens is 2. The van der Waals surface area contributed by atoms with Crippen LogP contribution in [0, 0.1) is 0 Å². The van der Waals surface area contributed by atoms with Crippen LogP contribution in [0.5, 0.6) is 5.75 Å². The first-order valence-corrected chi connectivity index (χ1v) is 8.42. The summed E-state index contributed by atoms with van der Waals surface area (Å²) in [6.45, 7) is 1.48. The van der Waals surface area contributed by atoms with Crippen molar-refractivity contribution >= 4 is 11.7 Å². The Hall–Kier alpha value is -2.96. The molecular formula is C20H21N3O3. The van der Waals surface area contributed by atoms with Gasteiger partial charge in [-0.05, 0) is 17.7 Å². The van der Waals surface area contributed by atoms with Crippen LogP contribution in [0.1, 0.15) is 11.3 Å². The van der Waals surface area contributed by atoms with Crippen LogP contribution in [-0.4, -0.2) is 44.2 Å². The van der Waals surface area contributed by atoms with E-state index < -0.39 is 0 Å². The third-order valence-electron chi connectivity index (χ3n) is 4.00. The van der Waals surface area contributed by atoms with E-state index in [4.69, 9.17) is 0 Å². The van der Waals surface area contributed by atoms with Crippen LogP contribution in [-0.2, 0) is 6.54 Å². The number of hydrogen-bond acceptors (Lipinski definition) is 5. The van der Waals surface area contributed by atoms with E-state index in [1.54, 1.807) is 12.3 Å². The molecule has 0 atom stereocenters. The van der Waals surface area contributed by atoms with Gasteiger partial charge in [-0.3, -0.25) is 14.1 Å². The Bertz CT molecular complexity index is 951. The van der Waals surface area contributed by atoms with E-state index in [9.17, 15) is 15.0 Å². The van der Waals surface area contributed by atoms with E-state index >= 15 is 0 Å². The second-order valence-electron chi connectivity index (χ2n) is 5.94. The monoisotopic (exact) mass is 351 g/mol. The average Bonchev–Trinajstić information content (AvgIpc) is 2.64. The molecule has 0 fully saturated rings. The Balaban J connectivity index is 1.77. The molecule has 0 aliphatic rings. The molecule has 0 bridgehead atoms. The summed E-state index contributed by atoms with van der Waals surface area (Å²) >= 11 is 0. The van der Waals surface area contributed by atoms with Gasteiger partial charge in [-0.15, -0.1) is 0 Å². The summed E-state index contributed by atoms with van der Waals surface area (Å²) in [6.07, 6.45) is 5.59. The SMILES string of the molecule is O=c1cc(CN(C/C=C/c2ccccc2)CCO)nc2c(O)cccn12. The zero-order valence-corrected chi connectivity index (χ0v) is 14.3. The molecule has 26 heavy (non-hydrogen) atoms. The average molecular weight is 351 g/mol. The number of rotatable bonds is 7. The van der Waals surface area contributed by atoms with Crippen LogP contribution in [0.3, 0.4) is 0 Å². The molecule has 2 aromatic heterocycles. The van der Waals surface area contributed by atoms with Crippen molar-refractivity contribution in [2.45, 2.75) is 6.54 Å². The number of pyridine rings is 1. The minimum atomic E-state index is -0.246. The summed E-state index contributed by atoms with van der Waals surface area (Å²) in [5.74, 6) is -0.0378. The maximum absolute atomic E-state index is 12.2. The smallest absolute Gasteiger partial charge is 0.258 e. The van der Waals surface area contributed by atoms with Crippen molar-refractivity contribution in [3.8, 4) is 5.75 Å². The van der Waals surface area contributed by atoms with Gasteiger partial charge in [0.1, 0.15) is 0 Å². The number of fused-ring (bicyclic) bond motifs is 1. The summed E-state index contributed by atoms with van der Waals surface area (Å²) in [7, 11) is 0. The molecule has 0 saturated carbocycles. The highest BCUT2D eigenvalue weighted by Gasteiger charge is 2.09. The third kappa shape index (κ3) is 4.36. The highest BCUT2D eigenvalue weighted by atomic mass is 16.3. The zero-order chi connectivity index (χ0) is 18.4. The summed E-state index contributed by atoms with van der Waals surface area (Å²) in [4.78, 5) is 18.6. The van der Waals surface area contributed by atoms with Gasteiger partial charge in [0.2, 0.25) is 0 Å². The molecule has 0 amide bonds. The predicted octanol–water partition coefficient (Wildman–Crippen LogP) is 1.91. The van der Waals surface area contributed by atoms with Crippen molar-refractivity contribution in [3.63, 3.8) is 0 Å². The van der Waals surface area contributed by atoms with Crippen molar-refractivity contribution in [3.05, 3.63) is 82.4 Å². The van der Waals surface area contributed by atoms with Gasteiger partial charge in [0.15, 0.2) is 11.4 Å². The van der Waals surface area contributed by atoms with Crippen molar-refractivity contribution < 1.29 is 10.2 Å². The lowest BCUT2D eigenvalue weighted by Crippen LogP contribution is -2.28. The molecule has 0 aliphatic heterocycles. The van der Waals surface area contributed by atoms with Crippen LogP contribution in [0.4, 0.5) is 0 Å². The molecular weight excluding hydrogens is 330 g/mol. The summed E-state index contributed by atoms with van der Waals surface area (Å²) in [5.41, 5.74) is 1.64. The van der Waals surface area contributed by atoms with Crippen LogP contribution in [0.25, 0.3) is 11.7 Å². The molecule has 1 aromatic carbocycles. The van der Waals surface area contributed by atoms with E-state index in [1.165, 1.54) is 16.5 Å². The molecule has 0 spiro atoms. The quantitative estimate of drug-likeness (QED) is 0.680. The van der Waals surface area contributed by atoms with Gasteiger partial charge in [-0.1, -0.05) is 42.5 Å². The van der Waals surface area contributed by atoms with Gasteiger partial charge in [0.25, 0.3) is 5.56 Å². The molecule has 3 aromatic rings. The second-order valence-corrected chi connectivity index (χ2v) is 5.94. The first kappa shape index (κ1) is 17.8. The molecule has 3 rings (SSSR count). The van der Waals surface area contributed by atoms with Crippen molar-refractivity contribution in [2.24, 2.45) is 0 Å². The van der Waals surface area contributed by atoms with Gasteiger partial charge in [-0.25, -0.2) is 4.98 Å². The Morgan fingerprint density at radius 1 is 1.15 bits per heavy atom. The lowest BCUT2D eigenvalue weighted by Gasteiger charge is -2.19. The Morgan fingerprint density at radius 3 is 2.73 bits per heavy atom. The van der Waals surface area contributed by atoms with Crippen LogP contribution in [0.15, 0.2) is 65.6 Å². The minimum Gasteiger partial charge on any atom is -0.504 e. The molecule has 2 heterocycles. The molecule has 0 aliphatic carbocycles. The van der Waals surface area contributed by atoms with Crippen molar-refractivity contribution in [1.82, 2.24) is 14.3 Å². The molecule has 0 radical (unpaired) electrons. The van der Waals surface area contributed by atoms with E-state index in [0.29, 0.717) is 25.3 Å². The predicted molar refractivity (Wildman–Crippen MR) is 101 cm³/mol. The van der Waals surface area contributed by atoms with Gasteiger partial charge >= 0.3 is 0 Å². The first-order valence-electron chi connectivity index (χ1n) is 8.42. The number of hydrogen-bond donors (Lipinski definition) is 2. The molecule has 0 unspecified atom stereocenters.